The number of aromatic amines is 1. The molecule has 0 aliphatic heterocycles. The average Bonchev–Trinajstić information content (AvgIpc) is 3.06. The number of hydrogen-bond donors (Lipinski definition) is 2. The SMILES string of the molecule is NC(=O)c1ccccc1CCCc1nc(-c2cc(F)ccc2F)n[nH]1. The maximum Gasteiger partial charge on any atom is 0.248 e. The molecule has 0 radical (unpaired) electrons. The standard InChI is InChI=1S/C18H16F2N4O/c19-12-8-9-15(20)14(10-12)18-22-16(23-24-18)7-3-5-11-4-1-2-6-13(11)17(21)25/h1-2,4,6,8-10H,3,5,7H2,(H2,21,25)(H,22,23,24). The number of carbonyl (C=O) groups is 1. The van der Waals surface area contributed by atoms with Crippen LogP contribution in [0.3, 0.4) is 0 Å². The predicted octanol–water partition coefficient (Wildman–Crippen LogP) is 3.02. The number of rotatable bonds is 6. The third-order valence-electron chi connectivity index (χ3n) is 3.84. The van der Waals surface area contributed by atoms with E-state index in [1.165, 1.54) is 0 Å². The van der Waals surface area contributed by atoms with Crippen LogP contribution in [0.4, 0.5) is 8.78 Å². The number of H-pyrrole nitrogens is 1. The van der Waals surface area contributed by atoms with Crippen LogP contribution in [0.25, 0.3) is 11.4 Å². The number of nitrogens with zero attached hydrogens (tertiary/aromatic N) is 2. The number of nitrogens with one attached hydrogen (secondary N) is 1. The van der Waals surface area contributed by atoms with Gasteiger partial charge < -0.3 is 5.73 Å². The van der Waals surface area contributed by atoms with Gasteiger partial charge in [-0.2, -0.15) is 5.10 Å². The van der Waals surface area contributed by atoms with Gasteiger partial charge in [-0.3, -0.25) is 9.89 Å². The van der Waals surface area contributed by atoms with Gasteiger partial charge in [-0.15, -0.1) is 0 Å². The number of nitrogens with two attached hydrogens (primary N) is 1. The van der Waals surface area contributed by atoms with Gasteiger partial charge in [0.1, 0.15) is 17.5 Å². The lowest BCUT2D eigenvalue weighted by molar-refractivity contribution is 0.0999. The highest BCUT2D eigenvalue weighted by Crippen LogP contribution is 2.20. The molecular weight excluding hydrogens is 326 g/mol. The van der Waals surface area contributed by atoms with Gasteiger partial charge in [-0.1, -0.05) is 18.2 Å². The summed E-state index contributed by atoms with van der Waals surface area (Å²) in [6.45, 7) is 0. The van der Waals surface area contributed by atoms with E-state index in [1.54, 1.807) is 12.1 Å². The third-order valence-corrected chi connectivity index (χ3v) is 3.84. The summed E-state index contributed by atoms with van der Waals surface area (Å²) < 4.78 is 27.0. The molecule has 1 heterocycles. The van der Waals surface area contributed by atoms with E-state index in [0.717, 1.165) is 23.8 Å². The lowest BCUT2D eigenvalue weighted by atomic mass is 10.0. The second kappa shape index (κ2) is 7.21. The molecule has 7 heteroatoms. The molecular formula is C18H16F2N4O. The molecule has 1 amide bonds. The molecule has 3 N–H and O–H groups in total. The van der Waals surface area contributed by atoms with E-state index in [0.29, 0.717) is 30.7 Å². The van der Waals surface area contributed by atoms with Gasteiger partial charge in [-0.05, 0) is 42.7 Å². The smallest absolute Gasteiger partial charge is 0.248 e. The van der Waals surface area contributed by atoms with Crippen LogP contribution < -0.4 is 5.73 Å². The molecule has 128 valence electrons. The minimum absolute atomic E-state index is 0.0153. The Morgan fingerprint density at radius 3 is 2.72 bits per heavy atom. The summed E-state index contributed by atoms with van der Waals surface area (Å²) in [5.74, 6) is -0.910. The number of carbonyl (C=O) groups excluding carboxylic acids is 1. The Kier molecular flexibility index (Phi) is 4.83. The molecule has 0 saturated carbocycles. The van der Waals surface area contributed by atoms with Gasteiger partial charge in [-0.25, -0.2) is 13.8 Å². The molecule has 0 aliphatic rings. The first-order valence-corrected chi connectivity index (χ1v) is 7.79. The summed E-state index contributed by atoms with van der Waals surface area (Å²) in [5.41, 5.74) is 6.74. The zero-order valence-electron chi connectivity index (χ0n) is 13.3. The van der Waals surface area contributed by atoms with E-state index in [9.17, 15) is 13.6 Å². The molecule has 25 heavy (non-hydrogen) atoms. The maximum absolute atomic E-state index is 13.8. The molecule has 0 atom stereocenters. The quantitative estimate of drug-likeness (QED) is 0.722. The van der Waals surface area contributed by atoms with Crippen LogP contribution in [0, 0.1) is 11.6 Å². The molecule has 1 aromatic heterocycles. The van der Waals surface area contributed by atoms with Crippen molar-refractivity contribution in [3.8, 4) is 11.4 Å². The summed E-state index contributed by atoms with van der Waals surface area (Å²) >= 11 is 0. The summed E-state index contributed by atoms with van der Waals surface area (Å²) in [4.78, 5) is 15.6. The molecule has 0 unspecified atom stereocenters. The molecule has 0 bridgehead atoms. The van der Waals surface area contributed by atoms with Gasteiger partial charge in [0, 0.05) is 12.0 Å². The van der Waals surface area contributed by atoms with Crippen LogP contribution in [0.2, 0.25) is 0 Å². The van der Waals surface area contributed by atoms with E-state index >= 15 is 0 Å². The first kappa shape index (κ1) is 16.8. The van der Waals surface area contributed by atoms with E-state index in [2.05, 4.69) is 15.2 Å². The van der Waals surface area contributed by atoms with Crippen LogP contribution in [-0.4, -0.2) is 21.1 Å². The van der Waals surface area contributed by atoms with E-state index in [-0.39, 0.29) is 11.4 Å². The van der Waals surface area contributed by atoms with Crippen molar-refractivity contribution in [2.45, 2.75) is 19.3 Å². The van der Waals surface area contributed by atoms with E-state index in [4.69, 9.17) is 5.73 Å². The fraction of sp³-hybridized carbons (Fsp3) is 0.167. The van der Waals surface area contributed by atoms with E-state index in [1.807, 2.05) is 12.1 Å². The highest BCUT2D eigenvalue weighted by atomic mass is 19.1. The average molecular weight is 342 g/mol. The second-order valence-electron chi connectivity index (χ2n) is 5.60. The molecule has 3 rings (SSSR count). The first-order chi connectivity index (χ1) is 12.0. The van der Waals surface area contributed by atoms with Crippen molar-refractivity contribution >= 4 is 5.91 Å². The Morgan fingerprint density at radius 2 is 1.92 bits per heavy atom. The summed E-state index contributed by atoms with van der Waals surface area (Å²) in [7, 11) is 0. The topological polar surface area (TPSA) is 84.7 Å². The Bertz CT molecular complexity index is 908. The minimum Gasteiger partial charge on any atom is -0.366 e. The molecule has 3 aromatic rings. The lowest BCUT2D eigenvalue weighted by Crippen LogP contribution is -2.13. The highest BCUT2D eigenvalue weighted by Gasteiger charge is 2.12. The monoisotopic (exact) mass is 342 g/mol. The minimum atomic E-state index is -0.581. The van der Waals surface area contributed by atoms with Crippen molar-refractivity contribution < 1.29 is 13.6 Å². The number of aromatic nitrogens is 3. The number of amides is 1. The van der Waals surface area contributed by atoms with Crippen LogP contribution in [-0.2, 0) is 12.8 Å². The van der Waals surface area contributed by atoms with Crippen molar-refractivity contribution in [1.29, 1.82) is 0 Å². The Hall–Kier alpha value is -3.09. The van der Waals surface area contributed by atoms with Crippen molar-refractivity contribution in [2.24, 2.45) is 5.73 Å². The van der Waals surface area contributed by atoms with Gasteiger partial charge in [0.25, 0.3) is 0 Å². The zero-order chi connectivity index (χ0) is 17.8. The molecule has 0 aliphatic carbocycles. The second-order valence-corrected chi connectivity index (χ2v) is 5.60. The number of halogens is 2. The predicted molar refractivity (Wildman–Crippen MR) is 88.7 cm³/mol. The molecule has 0 spiro atoms. The third kappa shape index (κ3) is 3.88. The first-order valence-electron chi connectivity index (χ1n) is 7.79. The van der Waals surface area contributed by atoms with Gasteiger partial charge in [0.2, 0.25) is 5.91 Å². The summed E-state index contributed by atoms with van der Waals surface area (Å²) in [6.07, 6.45) is 1.89. The Labute approximate surface area is 142 Å². The maximum atomic E-state index is 13.8. The van der Waals surface area contributed by atoms with Gasteiger partial charge >= 0.3 is 0 Å². The Morgan fingerprint density at radius 1 is 1.12 bits per heavy atom. The van der Waals surface area contributed by atoms with Crippen molar-refractivity contribution in [1.82, 2.24) is 15.2 Å². The molecule has 5 nitrogen and oxygen atoms in total. The highest BCUT2D eigenvalue weighted by molar-refractivity contribution is 5.94. The largest absolute Gasteiger partial charge is 0.366 e. The van der Waals surface area contributed by atoms with Gasteiger partial charge in [0.05, 0.1) is 5.56 Å². The number of aryl methyl sites for hydroxylation is 2. The van der Waals surface area contributed by atoms with Crippen LogP contribution in [0.15, 0.2) is 42.5 Å². The normalized spacial score (nSPS) is 10.8. The summed E-state index contributed by atoms with van der Waals surface area (Å²) in [5, 5.41) is 6.68. The number of benzene rings is 2. The van der Waals surface area contributed by atoms with Crippen molar-refractivity contribution in [3.05, 3.63) is 71.1 Å². The Balaban J connectivity index is 1.67. The van der Waals surface area contributed by atoms with Crippen LogP contribution in [0.1, 0.15) is 28.2 Å². The van der Waals surface area contributed by atoms with Crippen molar-refractivity contribution in [3.63, 3.8) is 0 Å². The number of primary amides is 1. The fourth-order valence-electron chi connectivity index (χ4n) is 2.62. The van der Waals surface area contributed by atoms with Crippen LogP contribution in [0.5, 0.6) is 0 Å². The fourth-order valence-corrected chi connectivity index (χ4v) is 2.62. The zero-order valence-corrected chi connectivity index (χ0v) is 13.3. The molecule has 0 fully saturated rings. The van der Waals surface area contributed by atoms with E-state index < -0.39 is 17.5 Å². The van der Waals surface area contributed by atoms with Gasteiger partial charge in [0.15, 0.2) is 5.82 Å². The van der Waals surface area contributed by atoms with Crippen molar-refractivity contribution in [2.75, 3.05) is 0 Å². The number of hydrogen-bond acceptors (Lipinski definition) is 3. The summed E-state index contributed by atoms with van der Waals surface area (Å²) in [6, 6.07) is 10.3. The lowest BCUT2D eigenvalue weighted by Gasteiger charge is -2.05. The molecule has 2 aromatic carbocycles. The molecule has 0 saturated heterocycles. The van der Waals surface area contributed by atoms with Crippen LogP contribution >= 0.6 is 0 Å².